The third-order valence-corrected chi connectivity index (χ3v) is 0. The van der Waals surface area contributed by atoms with Crippen molar-refractivity contribution < 1.29 is 0 Å². The minimum atomic E-state index is 0. The van der Waals surface area contributed by atoms with Crippen LogP contribution in [0.25, 0.3) is 0 Å². The Kier molecular flexibility index (Phi) is 96.2. The maximum absolute atomic E-state index is 2.30. The summed E-state index contributed by atoms with van der Waals surface area (Å²) in [6, 6.07) is 0. The van der Waals surface area contributed by atoms with Gasteiger partial charge in [0.2, 0.25) is 0 Å². The average Bonchev–Trinajstić information content (AvgIpc) is 1.70. The molecule has 0 saturated heterocycles. The fraction of sp³-hybridized carbons (Fsp3) is 1.00. The van der Waals surface area contributed by atoms with E-state index in [0.717, 1.165) is 0 Å². The Hall–Kier alpha value is 2.46. The molecule has 0 rings (SSSR count). The van der Waals surface area contributed by atoms with Gasteiger partial charge in [-0.1, -0.05) is 0 Å². The molecule has 10 heavy (non-hydrogen) atoms. The second-order valence-corrected chi connectivity index (χ2v) is 10.1. The van der Waals surface area contributed by atoms with E-state index >= 15 is 0 Å². The summed E-state index contributed by atoms with van der Waals surface area (Å²) >= 11 is 0.690. The molecule has 0 amide bonds. The Morgan fingerprint density at radius 2 is 0.500 bits per heavy atom. The number of rotatable bonds is 0. The summed E-state index contributed by atoms with van der Waals surface area (Å²) in [5, 5.41) is 0. The first-order valence-electron chi connectivity index (χ1n) is 3.00. The van der Waals surface area contributed by atoms with Gasteiger partial charge >= 0.3 is 93.1 Å². The van der Waals surface area contributed by atoms with Gasteiger partial charge in [-0.25, -0.2) is 0 Å². The molecule has 0 spiro atoms. The molecule has 0 aromatic heterocycles. The first-order chi connectivity index (χ1) is 4.24. The van der Waals surface area contributed by atoms with E-state index in [-0.39, 0.29) is 71.8 Å². The van der Waals surface area contributed by atoms with Crippen LogP contribution in [-0.2, 0) is 0 Å². The molecule has 4 heteroatoms. The molecule has 0 unspecified atom stereocenters. The van der Waals surface area contributed by atoms with Crippen LogP contribution in [0, 0.1) is 0 Å². The van der Waals surface area contributed by atoms with Crippen molar-refractivity contribution in [2.24, 2.45) is 0 Å². The number of hydrogen-bond acceptors (Lipinski definition) is 0. The van der Waals surface area contributed by atoms with Gasteiger partial charge in [0.05, 0.1) is 8.41 Å². The summed E-state index contributed by atoms with van der Waals surface area (Å²) in [6.07, 6.45) is 0. The normalized spacial score (nSPS) is 5.40. The summed E-state index contributed by atoms with van der Waals surface area (Å²) in [6.45, 7) is 0. The zero-order valence-corrected chi connectivity index (χ0v) is 16.1. The molecular formula is C6H21BSn3. The third-order valence-electron chi connectivity index (χ3n) is 0. The molecule has 0 aromatic rings. The molecule has 0 aliphatic rings. The summed E-state index contributed by atoms with van der Waals surface area (Å²) < 4.78 is 0. The van der Waals surface area contributed by atoms with Crippen molar-refractivity contribution >= 4 is 71.8 Å². The van der Waals surface area contributed by atoms with Crippen molar-refractivity contribution in [2.75, 3.05) is 0 Å². The van der Waals surface area contributed by atoms with Gasteiger partial charge in [0, 0.05) is 0 Å². The topological polar surface area (TPSA) is 0 Å². The van der Waals surface area contributed by atoms with Gasteiger partial charge in [0.1, 0.15) is 0 Å². The molecule has 0 nitrogen and oxygen atoms in total. The van der Waals surface area contributed by atoms with Gasteiger partial charge < -0.3 is 0 Å². The average molecular weight is 460 g/mol. The van der Waals surface area contributed by atoms with Gasteiger partial charge in [-0.3, -0.25) is 0 Å². The van der Waals surface area contributed by atoms with Crippen molar-refractivity contribution in [3.8, 4) is 0 Å². The first kappa shape index (κ1) is 22.9. The molecule has 60 valence electrons. The predicted molar refractivity (Wildman–Crippen MR) is 62.4 cm³/mol. The van der Waals surface area contributed by atoms with E-state index in [1.54, 1.807) is 0 Å². The van der Waals surface area contributed by atoms with E-state index in [0.29, 0.717) is 0 Å². The van der Waals surface area contributed by atoms with E-state index in [1.165, 1.54) is 0 Å². The van der Waals surface area contributed by atoms with Crippen molar-refractivity contribution in [3.05, 3.63) is 0 Å². The van der Waals surface area contributed by atoms with E-state index in [2.05, 4.69) is 29.6 Å². The van der Waals surface area contributed by atoms with Crippen molar-refractivity contribution in [1.29, 1.82) is 0 Å². The zero-order chi connectivity index (χ0) is 8.12. The fourth-order valence-corrected chi connectivity index (χ4v) is 0. The van der Waals surface area contributed by atoms with Gasteiger partial charge in [0.25, 0.3) is 0 Å². The fourth-order valence-electron chi connectivity index (χ4n) is 0. The van der Waals surface area contributed by atoms with Gasteiger partial charge in [0.15, 0.2) is 0 Å². The van der Waals surface area contributed by atoms with Gasteiger partial charge in [-0.15, -0.1) is 0 Å². The molecule has 0 heterocycles. The standard InChI is InChI=1S/6CH3.BH3.3Sn/h7*1H3;;;. The quantitative estimate of drug-likeness (QED) is 0.477. The molecule has 0 fully saturated rings. The van der Waals surface area contributed by atoms with Crippen molar-refractivity contribution in [3.63, 3.8) is 0 Å². The Balaban J connectivity index is -0.0000000257. The summed E-state index contributed by atoms with van der Waals surface area (Å²) in [7, 11) is 0. The van der Waals surface area contributed by atoms with Gasteiger partial charge in [-0.2, -0.15) is 0 Å². The molecule has 0 aromatic carbocycles. The van der Waals surface area contributed by atoms with Crippen LogP contribution in [0.1, 0.15) is 0 Å². The molecule has 0 aliphatic carbocycles. The van der Waals surface area contributed by atoms with Crippen LogP contribution in [0.15, 0.2) is 0 Å². The zero-order valence-electron chi connectivity index (χ0n) is 7.50. The van der Waals surface area contributed by atoms with Gasteiger partial charge in [-0.05, 0) is 0 Å². The molecule has 0 bridgehead atoms. The van der Waals surface area contributed by atoms with Crippen LogP contribution in [0.2, 0.25) is 29.6 Å². The first-order valence-corrected chi connectivity index (χ1v) is 20.1. The molecule has 0 N–H and O–H groups in total. The summed E-state index contributed by atoms with van der Waals surface area (Å²) in [4.78, 5) is 13.8. The number of hydrogen-bond donors (Lipinski definition) is 0. The SMILES string of the molecule is B.[CH3][Sn][CH3].[CH3][Sn][CH3].[CH3][Sn][CH3]. The third kappa shape index (κ3) is 155. The van der Waals surface area contributed by atoms with E-state index < -0.39 is 0 Å². The van der Waals surface area contributed by atoms with Crippen LogP contribution in [-0.4, -0.2) is 71.8 Å². The van der Waals surface area contributed by atoms with Crippen LogP contribution >= 0.6 is 0 Å². The molecule has 0 aliphatic heterocycles. The van der Waals surface area contributed by atoms with E-state index in [4.69, 9.17) is 0 Å². The monoisotopic (exact) mass is 464 g/mol. The maximum atomic E-state index is 2.30. The second-order valence-electron chi connectivity index (χ2n) is 1.50. The summed E-state index contributed by atoms with van der Waals surface area (Å²) in [5.41, 5.74) is 0. The molecule has 6 radical (unpaired) electrons. The predicted octanol–water partition coefficient (Wildman–Crippen LogP) is 1.18. The second kappa shape index (κ2) is 42.1. The van der Waals surface area contributed by atoms with Crippen molar-refractivity contribution in [2.45, 2.75) is 29.6 Å². The van der Waals surface area contributed by atoms with Crippen LogP contribution in [0.4, 0.5) is 0 Å². The Morgan fingerprint density at radius 1 is 0.500 bits per heavy atom. The molecule has 0 saturated carbocycles. The Morgan fingerprint density at radius 3 is 0.500 bits per heavy atom. The van der Waals surface area contributed by atoms with Crippen molar-refractivity contribution in [1.82, 2.24) is 0 Å². The molecule has 0 atom stereocenters. The van der Waals surface area contributed by atoms with Crippen LogP contribution in [0.3, 0.4) is 0 Å². The minimum absolute atomic E-state index is 0. The van der Waals surface area contributed by atoms with Crippen LogP contribution < -0.4 is 0 Å². The Bertz CT molecular complexity index is 17.7. The van der Waals surface area contributed by atoms with Crippen LogP contribution in [0.5, 0.6) is 0 Å². The molecular weight excluding hydrogens is 439 g/mol. The van der Waals surface area contributed by atoms with E-state index in [9.17, 15) is 0 Å². The van der Waals surface area contributed by atoms with E-state index in [1.807, 2.05) is 0 Å². The summed E-state index contributed by atoms with van der Waals surface area (Å²) in [5.74, 6) is 0. The Labute approximate surface area is 99.9 Å².